The van der Waals surface area contributed by atoms with Crippen LogP contribution in [0.3, 0.4) is 0 Å². The highest BCUT2D eigenvalue weighted by atomic mass is 32.2. The molecule has 2 heterocycles. The summed E-state index contributed by atoms with van der Waals surface area (Å²) in [7, 11) is 0.519. The third-order valence-corrected chi connectivity index (χ3v) is 10.2. The summed E-state index contributed by atoms with van der Waals surface area (Å²) in [4.78, 5) is 1.63. The van der Waals surface area contributed by atoms with Gasteiger partial charge in [-0.1, -0.05) is 32.9 Å². The molecule has 1 aromatic carbocycles. The Balaban J connectivity index is 1.85. The van der Waals surface area contributed by atoms with Crippen molar-refractivity contribution in [3.63, 3.8) is 0 Å². The average Bonchev–Trinajstić information content (AvgIpc) is 2.37. The van der Waals surface area contributed by atoms with Gasteiger partial charge in [0.15, 0.2) is 4.90 Å². The van der Waals surface area contributed by atoms with Crippen molar-refractivity contribution >= 4 is 34.4 Å². The van der Waals surface area contributed by atoms with Gasteiger partial charge in [0.1, 0.15) is 10.5 Å². The lowest BCUT2D eigenvalue weighted by molar-refractivity contribution is 0.589. The van der Waals surface area contributed by atoms with Gasteiger partial charge >= 0.3 is 0 Å². The topological polar surface area (TPSA) is 0 Å². The summed E-state index contributed by atoms with van der Waals surface area (Å²) in [5.74, 6) is 5.53. The van der Waals surface area contributed by atoms with Gasteiger partial charge in [0, 0.05) is 33.9 Å². The molecule has 2 fully saturated rings. The quantitative estimate of drug-likeness (QED) is 0.713. The maximum Gasteiger partial charge on any atom is 0.155 e. The Hall–Kier alpha value is 0.270. The van der Waals surface area contributed by atoms with Crippen LogP contribution in [0.5, 0.6) is 0 Å². The fraction of sp³-hybridized carbons (Fsp3) is 0.625. The summed E-state index contributed by atoms with van der Waals surface area (Å²) >= 11 is 4.37. The molecule has 104 valence electrons. The van der Waals surface area contributed by atoms with Gasteiger partial charge in [-0.2, -0.15) is 23.5 Å². The fourth-order valence-corrected chi connectivity index (χ4v) is 10.2. The second-order valence-corrected chi connectivity index (χ2v) is 11.2. The second-order valence-electron chi connectivity index (χ2n) is 6.47. The van der Waals surface area contributed by atoms with Gasteiger partial charge in [0.2, 0.25) is 0 Å². The molecular weight excluding hydrogens is 288 g/mol. The first-order chi connectivity index (χ1) is 9.05. The zero-order chi connectivity index (χ0) is 13.5. The summed E-state index contributed by atoms with van der Waals surface area (Å²) in [5.41, 5.74) is 1.74. The molecule has 2 saturated heterocycles. The minimum atomic E-state index is 0.274. The molecule has 0 amide bonds. The van der Waals surface area contributed by atoms with Gasteiger partial charge in [-0.25, -0.2) is 0 Å². The molecule has 0 N–H and O–H groups in total. The Morgan fingerprint density at radius 2 is 1.37 bits per heavy atom. The van der Waals surface area contributed by atoms with E-state index < -0.39 is 0 Å². The van der Waals surface area contributed by atoms with Crippen LogP contribution in [0.15, 0.2) is 29.2 Å². The third kappa shape index (κ3) is 2.98. The molecule has 2 bridgehead atoms. The van der Waals surface area contributed by atoms with Crippen molar-refractivity contribution in [3.8, 4) is 0 Å². The average molecular weight is 312 g/mol. The zero-order valence-corrected chi connectivity index (χ0v) is 14.5. The summed E-state index contributed by atoms with van der Waals surface area (Å²) < 4.78 is 0. The molecule has 19 heavy (non-hydrogen) atoms. The van der Waals surface area contributed by atoms with Gasteiger partial charge in [0.05, 0.1) is 0 Å². The number of hydrogen-bond acceptors (Lipinski definition) is 2. The second kappa shape index (κ2) is 5.57. The van der Waals surface area contributed by atoms with Crippen LogP contribution in [-0.4, -0.2) is 33.5 Å². The third-order valence-electron chi connectivity index (χ3n) is 3.93. The molecular formula is C16H23S3+. The standard InChI is InChI=1S/C16H23S3/c1-16(2,3)12-4-6-13(7-5-12)19-14-8-17-10-15(19)11-18-9-14/h4-7,14-15H,8-11H2,1-3H3/q+1. The summed E-state index contributed by atoms with van der Waals surface area (Å²) in [5, 5.41) is 1.87. The van der Waals surface area contributed by atoms with Crippen molar-refractivity contribution in [1.29, 1.82) is 0 Å². The summed E-state index contributed by atoms with van der Waals surface area (Å²) in [6, 6.07) is 9.59. The molecule has 0 nitrogen and oxygen atoms in total. The first kappa shape index (κ1) is 14.2. The highest BCUT2D eigenvalue weighted by Crippen LogP contribution is 2.39. The van der Waals surface area contributed by atoms with Gasteiger partial charge in [-0.3, -0.25) is 0 Å². The molecule has 2 aliphatic rings. The van der Waals surface area contributed by atoms with E-state index in [0.29, 0.717) is 10.9 Å². The van der Waals surface area contributed by atoms with Gasteiger partial charge in [-0.15, -0.1) is 0 Å². The predicted molar refractivity (Wildman–Crippen MR) is 93.0 cm³/mol. The Morgan fingerprint density at radius 1 is 0.895 bits per heavy atom. The summed E-state index contributed by atoms with van der Waals surface area (Å²) in [6.07, 6.45) is 0. The van der Waals surface area contributed by atoms with Crippen LogP contribution in [0.4, 0.5) is 0 Å². The van der Waals surface area contributed by atoms with Gasteiger partial charge in [0.25, 0.3) is 0 Å². The van der Waals surface area contributed by atoms with E-state index in [1.165, 1.54) is 28.6 Å². The van der Waals surface area contributed by atoms with E-state index in [2.05, 4.69) is 68.6 Å². The minimum absolute atomic E-state index is 0.274. The molecule has 0 saturated carbocycles. The van der Waals surface area contributed by atoms with Crippen LogP contribution < -0.4 is 0 Å². The smallest absolute Gasteiger partial charge is 0.151 e. The lowest BCUT2D eigenvalue weighted by Gasteiger charge is -2.34. The van der Waals surface area contributed by atoms with E-state index in [-0.39, 0.29) is 5.41 Å². The van der Waals surface area contributed by atoms with Crippen LogP contribution in [0.25, 0.3) is 0 Å². The van der Waals surface area contributed by atoms with Gasteiger partial charge < -0.3 is 0 Å². The minimum Gasteiger partial charge on any atom is -0.151 e. The van der Waals surface area contributed by atoms with E-state index in [1.54, 1.807) is 4.90 Å². The van der Waals surface area contributed by atoms with Crippen LogP contribution in [0.2, 0.25) is 0 Å². The van der Waals surface area contributed by atoms with Crippen LogP contribution in [-0.2, 0) is 16.3 Å². The Bertz CT molecular complexity index is 410. The molecule has 3 rings (SSSR count). The largest absolute Gasteiger partial charge is 0.155 e. The van der Waals surface area contributed by atoms with E-state index in [9.17, 15) is 0 Å². The molecule has 2 aliphatic heterocycles. The molecule has 1 aromatic rings. The van der Waals surface area contributed by atoms with E-state index in [0.717, 1.165) is 10.5 Å². The summed E-state index contributed by atoms with van der Waals surface area (Å²) in [6.45, 7) is 6.90. The van der Waals surface area contributed by atoms with Gasteiger partial charge in [-0.05, 0) is 23.1 Å². The molecule has 0 radical (unpaired) electrons. The normalized spacial score (nSPS) is 31.2. The van der Waals surface area contributed by atoms with Crippen molar-refractivity contribution in [2.24, 2.45) is 0 Å². The van der Waals surface area contributed by atoms with E-state index in [4.69, 9.17) is 0 Å². The van der Waals surface area contributed by atoms with Crippen molar-refractivity contribution in [1.82, 2.24) is 0 Å². The molecule has 0 spiro atoms. The fourth-order valence-electron chi connectivity index (χ4n) is 2.82. The van der Waals surface area contributed by atoms with Crippen molar-refractivity contribution < 1.29 is 0 Å². The number of thioether (sulfide) groups is 2. The van der Waals surface area contributed by atoms with E-state index in [1.807, 2.05) is 0 Å². The SMILES string of the molecule is CC(C)(C)c1ccc([S+]2C3CSCC2CSC3)cc1. The highest BCUT2D eigenvalue weighted by Gasteiger charge is 2.46. The molecule has 0 aromatic heterocycles. The van der Waals surface area contributed by atoms with Crippen molar-refractivity contribution in [2.75, 3.05) is 23.0 Å². The molecule has 0 unspecified atom stereocenters. The van der Waals surface area contributed by atoms with Crippen LogP contribution >= 0.6 is 23.5 Å². The monoisotopic (exact) mass is 311 g/mol. The van der Waals surface area contributed by atoms with E-state index >= 15 is 0 Å². The number of hydrogen-bond donors (Lipinski definition) is 0. The van der Waals surface area contributed by atoms with Crippen LogP contribution in [0.1, 0.15) is 26.3 Å². The molecule has 0 atom stereocenters. The maximum absolute atomic E-state index is 2.43. The number of fused-ring (bicyclic) bond motifs is 2. The Morgan fingerprint density at radius 3 is 1.79 bits per heavy atom. The first-order valence-corrected chi connectivity index (χ1v) is 10.7. The number of rotatable bonds is 1. The Kier molecular flexibility index (Phi) is 4.17. The maximum atomic E-state index is 2.43. The Labute approximate surface area is 128 Å². The highest BCUT2D eigenvalue weighted by molar-refractivity contribution is 8.09. The lowest BCUT2D eigenvalue weighted by atomic mass is 9.87. The zero-order valence-electron chi connectivity index (χ0n) is 12.0. The predicted octanol–water partition coefficient (Wildman–Crippen LogP) is 4.19. The first-order valence-electron chi connectivity index (χ1n) is 7.03. The van der Waals surface area contributed by atoms with Crippen molar-refractivity contribution in [3.05, 3.63) is 29.8 Å². The lowest BCUT2D eigenvalue weighted by Crippen LogP contribution is -2.46. The van der Waals surface area contributed by atoms with Crippen LogP contribution in [0, 0.1) is 0 Å². The molecule has 0 aliphatic carbocycles. The molecule has 3 heteroatoms. The van der Waals surface area contributed by atoms with Crippen molar-refractivity contribution in [2.45, 2.75) is 41.6 Å². The number of benzene rings is 1.